The first-order chi connectivity index (χ1) is 8.27. The maximum Gasteiger partial charge on any atom is 0.123 e. The van der Waals surface area contributed by atoms with E-state index in [4.69, 9.17) is 9.47 Å². The Labute approximate surface area is 102 Å². The van der Waals surface area contributed by atoms with Gasteiger partial charge >= 0.3 is 0 Å². The van der Waals surface area contributed by atoms with Crippen molar-refractivity contribution in [1.29, 1.82) is 0 Å². The highest BCUT2D eigenvalue weighted by molar-refractivity contribution is 5.19. The van der Waals surface area contributed by atoms with Crippen LogP contribution in [0.15, 0.2) is 24.3 Å². The minimum absolute atomic E-state index is 0.0685. The fraction of sp³-hybridized carbons (Fsp3) is 0.538. The summed E-state index contributed by atoms with van der Waals surface area (Å²) in [5.41, 5.74) is 0.970. The SMILES string of the molecule is CCOCCOC(CNC)c1ccc(F)cc1. The number of halogens is 1. The third-order valence-electron chi connectivity index (χ3n) is 2.38. The number of rotatable bonds is 8. The van der Waals surface area contributed by atoms with E-state index < -0.39 is 0 Å². The molecule has 0 saturated heterocycles. The second kappa shape index (κ2) is 8.17. The van der Waals surface area contributed by atoms with Gasteiger partial charge in [0.2, 0.25) is 0 Å². The lowest BCUT2D eigenvalue weighted by molar-refractivity contribution is 0.00759. The van der Waals surface area contributed by atoms with Crippen LogP contribution in [-0.4, -0.2) is 33.4 Å². The molecule has 3 nitrogen and oxygen atoms in total. The van der Waals surface area contributed by atoms with Crippen LogP contribution in [0.25, 0.3) is 0 Å². The molecule has 0 amide bonds. The fourth-order valence-electron chi connectivity index (χ4n) is 1.53. The molecule has 96 valence electrons. The van der Waals surface area contributed by atoms with Crippen LogP contribution in [0.1, 0.15) is 18.6 Å². The van der Waals surface area contributed by atoms with Gasteiger partial charge in [-0.3, -0.25) is 0 Å². The molecule has 1 aromatic carbocycles. The predicted molar refractivity (Wildman–Crippen MR) is 65.5 cm³/mol. The van der Waals surface area contributed by atoms with Gasteiger partial charge in [-0.1, -0.05) is 12.1 Å². The number of nitrogens with one attached hydrogen (secondary N) is 1. The molecule has 1 unspecified atom stereocenters. The number of likely N-dealkylation sites (N-methyl/N-ethyl adjacent to an activating group) is 1. The van der Waals surface area contributed by atoms with Crippen LogP contribution in [0, 0.1) is 5.82 Å². The van der Waals surface area contributed by atoms with Crippen molar-refractivity contribution in [3.8, 4) is 0 Å². The summed E-state index contributed by atoms with van der Waals surface area (Å²) in [7, 11) is 1.86. The number of ether oxygens (including phenoxy) is 2. The predicted octanol–water partition coefficient (Wildman–Crippen LogP) is 2.14. The van der Waals surface area contributed by atoms with Crippen LogP contribution in [0.2, 0.25) is 0 Å². The van der Waals surface area contributed by atoms with Crippen molar-refractivity contribution in [1.82, 2.24) is 5.32 Å². The summed E-state index contributed by atoms with van der Waals surface area (Å²) in [6, 6.07) is 6.39. The quantitative estimate of drug-likeness (QED) is 0.707. The summed E-state index contributed by atoms with van der Waals surface area (Å²) in [5.74, 6) is -0.230. The third-order valence-corrected chi connectivity index (χ3v) is 2.38. The van der Waals surface area contributed by atoms with Crippen molar-refractivity contribution in [2.45, 2.75) is 13.0 Å². The Morgan fingerprint density at radius 1 is 1.24 bits per heavy atom. The first kappa shape index (κ1) is 14.1. The maximum absolute atomic E-state index is 12.8. The lowest BCUT2D eigenvalue weighted by atomic mass is 10.1. The Bertz CT molecular complexity index is 303. The Morgan fingerprint density at radius 2 is 1.94 bits per heavy atom. The van der Waals surface area contributed by atoms with Gasteiger partial charge in [-0.15, -0.1) is 0 Å². The second-order valence-corrected chi connectivity index (χ2v) is 3.67. The molecule has 0 radical (unpaired) electrons. The molecule has 4 heteroatoms. The van der Waals surface area contributed by atoms with Crippen LogP contribution in [0.3, 0.4) is 0 Å². The van der Waals surface area contributed by atoms with Crippen molar-refractivity contribution in [2.24, 2.45) is 0 Å². The highest BCUT2D eigenvalue weighted by Crippen LogP contribution is 2.16. The molecule has 0 bridgehead atoms. The summed E-state index contributed by atoms with van der Waals surface area (Å²) < 4.78 is 23.7. The summed E-state index contributed by atoms with van der Waals surface area (Å²) in [5, 5.41) is 3.06. The molecule has 0 aliphatic heterocycles. The van der Waals surface area contributed by atoms with Crippen molar-refractivity contribution in [3.63, 3.8) is 0 Å². The van der Waals surface area contributed by atoms with Crippen molar-refractivity contribution in [3.05, 3.63) is 35.6 Å². The highest BCUT2D eigenvalue weighted by atomic mass is 19.1. The Morgan fingerprint density at radius 3 is 2.53 bits per heavy atom. The largest absolute Gasteiger partial charge is 0.379 e. The average Bonchev–Trinajstić information content (AvgIpc) is 2.34. The van der Waals surface area contributed by atoms with Gasteiger partial charge < -0.3 is 14.8 Å². The zero-order valence-corrected chi connectivity index (χ0v) is 10.4. The van der Waals surface area contributed by atoms with Crippen LogP contribution in [-0.2, 0) is 9.47 Å². The zero-order chi connectivity index (χ0) is 12.5. The molecule has 0 heterocycles. The van der Waals surface area contributed by atoms with Crippen LogP contribution in [0.4, 0.5) is 4.39 Å². The highest BCUT2D eigenvalue weighted by Gasteiger charge is 2.10. The van der Waals surface area contributed by atoms with E-state index in [0.717, 1.165) is 5.56 Å². The van der Waals surface area contributed by atoms with Gasteiger partial charge in [0.15, 0.2) is 0 Å². The van der Waals surface area contributed by atoms with Gasteiger partial charge in [-0.2, -0.15) is 0 Å². The van der Waals surface area contributed by atoms with Gasteiger partial charge in [0.25, 0.3) is 0 Å². The first-order valence-electron chi connectivity index (χ1n) is 5.87. The Hall–Kier alpha value is -0.970. The smallest absolute Gasteiger partial charge is 0.123 e. The van der Waals surface area contributed by atoms with Crippen molar-refractivity contribution in [2.75, 3.05) is 33.4 Å². The second-order valence-electron chi connectivity index (χ2n) is 3.67. The van der Waals surface area contributed by atoms with Gasteiger partial charge in [0.1, 0.15) is 5.82 Å². The summed E-state index contributed by atoms with van der Waals surface area (Å²) in [6.07, 6.45) is -0.0685. The molecular weight excluding hydrogens is 221 g/mol. The minimum Gasteiger partial charge on any atom is -0.379 e. The van der Waals surface area contributed by atoms with E-state index in [1.165, 1.54) is 12.1 Å². The molecule has 0 fully saturated rings. The van der Waals surface area contributed by atoms with E-state index >= 15 is 0 Å². The van der Waals surface area contributed by atoms with E-state index in [0.29, 0.717) is 26.4 Å². The van der Waals surface area contributed by atoms with E-state index in [-0.39, 0.29) is 11.9 Å². The normalized spacial score (nSPS) is 12.6. The standard InChI is InChI=1S/C13H20FNO2/c1-3-16-8-9-17-13(10-15-2)11-4-6-12(14)7-5-11/h4-7,13,15H,3,8-10H2,1-2H3. The van der Waals surface area contributed by atoms with Crippen LogP contribution in [0.5, 0.6) is 0 Å². The summed E-state index contributed by atoms with van der Waals surface area (Å²) >= 11 is 0. The van der Waals surface area contributed by atoms with Gasteiger partial charge in [0, 0.05) is 13.2 Å². The fourth-order valence-corrected chi connectivity index (χ4v) is 1.53. The summed E-state index contributed by atoms with van der Waals surface area (Å²) in [6.45, 7) is 4.45. The Balaban J connectivity index is 2.49. The lowest BCUT2D eigenvalue weighted by Gasteiger charge is -2.18. The topological polar surface area (TPSA) is 30.5 Å². The van der Waals surface area contributed by atoms with Crippen LogP contribution < -0.4 is 5.32 Å². The van der Waals surface area contributed by atoms with Crippen molar-refractivity contribution < 1.29 is 13.9 Å². The molecule has 0 spiro atoms. The molecule has 0 aliphatic rings. The third kappa shape index (κ3) is 5.26. The molecular formula is C13H20FNO2. The molecule has 0 aromatic heterocycles. The molecule has 1 aromatic rings. The van der Waals surface area contributed by atoms with E-state index in [1.807, 2.05) is 14.0 Å². The van der Waals surface area contributed by atoms with Gasteiger partial charge in [-0.25, -0.2) is 4.39 Å². The first-order valence-corrected chi connectivity index (χ1v) is 5.87. The molecule has 0 saturated carbocycles. The maximum atomic E-state index is 12.8. The monoisotopic (exact) mass is 241 g/mol. The molecule has 0 aliphatic carbocycles. The summed E-state index contributed by atoms with van der Waals surface area (Å²) in [4.78, 5) is 0. The van der Waals surface area contributed by atoms with Gasteiger partial charge in [-0.05, 0) is 31.7 Å². The number of hydrogen-bond acceptors (Lipinski definition) is 3. The zero-order valence-electron chi connectivity index (χ0n) is 10.4. The number of hydrogen-bond donors (Lipinski definition) is 1. The molecule has 1 rings (SSSR count). The van der Waals surface area contributed by atoms with E-state index in [1.54, 1.807) is 12.1 Å². The Kier molecular flexibility index (Phi) is 6.77. The molecule has 1 atom stereocenters. The number of benzene rings is 1. The lowest BCUT2D eigenvalue weighted by Crippen LogP contribution is -2.21. The van der Waals surface area contributed by atoms with Crippen LogP contribution >= 0.6 is 0 Å². The molecule has 1 N–H and O–H groups in total. The minimum atomic E-state index is -0.230. The average molecular weight is 241 g/mol. The van der Waals surface area contributed by atoms with E-state index in [9.17, 15) is 4.39 Å². The molecule has 17 heavy (non-hydrogen) atoms. The van der Waals surface area contributed by atoms with Gasteiger partial charge in [0.05, 0.1) is 19.3 Å². The van der Waals surface area contributed by atoms with E-state index in [2.05, 4.69) is 5.32 Å². The van der Waals surface area contributed by atoms with Crippen molar-refractivity contribution >= 4 is 0 Å².